The van der Waals surface area contributed by atoms with Crippen molar-refractivity contribution in [1.82, 2.24) is 24.6 Å². The molecule has 5 rings (SSSR count). The number of nitrogens with zero attached hydrogens (tertiary/aromatic N) is 6. The Hall–Kier alpha value is -3.92. The van der Waals surface area contributed by atoms with Crippen LogP contribution in [0.2, 0.25) is 5.02 Å². The van der Waals surface area contributed by atoms with Gasteiger partial charge in [0.25, 0.3) is 5.78 Å². The fourth-order valence-corrected chi connectivity index (χ4v) is 3.75. The topological polar surface area (TPSA) is 68.4 Å². The molecule has 7 nitrogen and oxygen atoms in total. The highest BCUT2D eigenvalue weighted by Crippen LogP contribution is 2.33. The summed E-state index contributed by atoms with van der Waals surface area (Å²) in [7, 11) is 1.88. The Kier molecular flexibility index (Phi) is 5.45. The molecular weight excluding hydrogens is 469 g/mol. The predicted molar refractivity (Wildman–Crippen MR) is 123 cm³/mol. The van der Waals surface area contributed by atoms with Gasteiger partial charge in [-0.05, 0) is 42.0 Å². The Bertz CT molecular complexity index is 1490. The molecule has 0 spiro atoms. The van der Waals surface area contributed by atoms with Crippen LogP contribution in [0.25, 0.3) is 27.8 Å². The molecule has 5 aromatic rings. The van der Waals surface area contributed by atoms with Crippen LogP contribution in [-0.2, 0) is 0 Å². The summed E-state index contributed by atoms with van der Waals surface area (Å²) in [6.45, 7) is -1.39. The van der Waals surface area contributed by atoms with Crippen molar-refractivity contribution in [3.05, 3.63) is 72.1 Å². The number of hydrogen-bond acceptors (Lipinski definition) is 6. The standard InChI is InChI=1S/C23H16ClF3N6O/c1-32(21-18-7-6-16(24)10-19(18)33-13-29-31-22(33)30-21)17-4-2-3-14(9-17)15-5-8-20(28-11-15)34-12-23(25,26)27/h2-11,13H,12H2,1H3. The van der Waals surface area contributed by atoms with E-state index in [4.69, 9.17) is 11.6 Å². The van der Waals surface area contributed by atoms with Crippen molar-refractivity contribution >= 4 is 39.8 Å². The van der Waals surface area contributed by atoms with Crippen LogP contribution in [0.1, 0.15) is 0 Å². The van der Waals surface area contributed by atoms with Gasteiger partial charge in [0, 0.05) is 41.0 Å². The number of ether oxygens (including phenoxy) is 1. The van der Waals surface area contributed by atoms with Gasteiger partial charge in [-0.1, -0.05) is 23.7 Å². The third-order valence-electron chi connectivity index (χ3n) is 5.20. The van der Waals surface area contributed by atoms with E-state index in [1.807, 2.05) is 48.3 Å². The molecule has 0 unspecified atom stereocenters. The van der Waals surface area contributed by atoms with Gasteiger partial charge in [0.15, 0.2) is 6.61 Å². The summed E-state index contributed by atoms with van der Waals surface area (Å²) in [6, 6.07) is 16.2. The number of halogens is 4. The lowest BCUT2D eigenvalue weighted by Crippen LogP contribution is -2.19. The Labute approximate surface area is 196 Å². The summed E-state index contributed by atoms with van der Waals surface area (Å²) < 4.78 is 43.5. The molecule has 3 heterocycles. The van der Waals surface area contributed by atoms with Crippen molar-refractivity contribution in [2.24, 2.45) is 0 Å². The van der Waals surface area contributed by atoms with Gasteiger partial charge in [-0.15, -0.1) is 10.2 Å². The normalized spacial score (nSPS) is 11.8. The van der Waals surface area contributed by atoms with E-state index in [0.717, 1.165) is 27.7 Å². The number of alkyl halides is 3. The Morgan fingerprint density at radius 3 is 2.68 bits per heavy atom. The van der Waals surface area contributed by atoms with Gasteiger partial charge in [-0.25, -0.2) is 4.98 Å². The largest absolute Gasteiger partial charge is 0.468 e. The first kappa shape index (κ1) is 21.9. The van der Waals surface area contributed by atoms with Crippen LogP contribution in [0.3, 0.4) is 0 Å². The van der Waals surface area contributed by atoms with Crippen molar-refractivity contribution in [3.63, 3.8) is 0 Å². The summed E-state index contributed by atoms with van der Waals surface area (Å²) in [4.78, 5) is 10.6. The number of pyridine rings is 1. The van der Waals surface area contributed by atoms with Crippen molar-refractivity contribution in [2.45, 2.75) is 6.18 Å². The first-order valence-electron chi connectivity index (χ1n) is 10.1. The van der Waals surface area contributed by atoms with Crippen LogP contribution in [0, 0.1) is 0 Å². The monoisotopic (exact) mass is 484 g/mol. The molecular formula is C23H16ClF3N6O. The molecule has 0 amide bonds. The molecule has 0 N–H and O–H groups in total. The molecule has 0 aliphatic heterocycles. The van der Waals surface area contributed by atoms with Crippen molar-refractivity contribution in [2.75, 3.05) is 18.6 Å². The van der Waals surface area contributed by atoms with Gasteiger partial charge in [-0.2, -0.15) is 18.2 Å². The highest BCUT2D eigenvalue weighted by molar-refractivity contribution is 6.31. The lowest BCUT2D eigenvalue weighted by Gasteiger charge is -2.21. The van der Waals surface area contributed by atoms with Crippen LogP contribution in [0.4, 0.5) is 24.7 Å². The average molecular weight is 485 g/mol. The van der Waals surface area contributed by atoms with Crippen molar-refractivity contribution in [1.29, 1.82) is 0 Å². The summed E-state index contributed by atoms with van der Waals surface area (Å²) >= 11 is 6.22. The minimum atomic E-state index is -4.42. The van der Waals surface area contributed by atoms with Crippen molar-refractivity contribution < 1.29 is 17.9 Å². The maximum atomic E-state index is 12.4. The molecule has 2 aromatic carbocycles. The molecule has 0 aliphatic carbocycles. The molecule has 0 aliphatic rings. The van der Waals surface area contributed by atoms with E-state index in [1.165, 1.54) is 12.3 Å². The van der Waals surface area contributed by atoms with Gasteiger partial charge in [0.2, 0.25) is 5.88 Å². The molecule has 34 heavy (non-hydrogen) atoms. The van der Waals surface area contributed by atoms with Gasteiger partial charge in [-0.3, -0.25) is 4.40 Å². The van der Waals surface area contributed by atoms with Gasteiger partial charge in [0.05, 0.1) is 5.52 Å². The number of aromatic nitrogens is 5. The summed E-state index contributed by atoms with van der Waals surface area (Å²) in [5, 5.41) is 9.47. The molecule has 11 heteroatoms. The number of rotatable bonds is 5. The zero-order valence-electron chi connectivity index (χ0n) is 17.7. The number of benzene rings is 2. The maximum absolute atomic E-state index is 12.4. The molecule has 172 valence electrons. The van der Waals surface area contributed by atoms with Crippen molar-refractivity contribution in [3.8, 4) is 17.0 Å². The second-order valence-electron chi connectivity index (χ2n) is 7.50. The third-order valence-corrected chi connectivity index (χ3v) is 5.44. The van der Waals surface area contributed by atoms with Crippen LogP contribution >= 0.6 is 11.6 Å². The lowest BCUT2D eigenvalue weighted by molar-refractivity contribution is -0.154. The Morgan fingerprint density at radius 2 is 1.91 bits per heavy atom. The molecule has 0 radical (unpaired) electrons. The summed E-state index contributed by atoms with van der Waals surface area (Å²) in [6.07, 6.45) is -1.36. The number of hydrogen-bond donors (Lipinski definition) is 0. The zero-order chi connectivity index (χ0) is 23.9. The molecule has 0 bridgehead atoms. The van der Waals surface area contributed by atoms with E-state index in [0.29, 0.717) is 16.6 Å². The van der Waals surface area contributed by atoms with Gasteiger partial charge >= 0.3 is 6.18 Å². The Balaban J connectivity index is 1.48. The van der Waals surface area contributed by atoms with E-state index < -0.39 is 12.8 Å². The highest BCUT2D eigenvalue weighted by Gasteiger charge is 2.28. The molecule has 0 saturated carbocycles. The summed E-state index contributed by atoms with van der Waals surface area (Å²) in [5.74, 6) is 1.01. The number of anilines is 2. The minimum Gasteiger partial charge on any atom is -0.468 e. The van der Waals surface area contributed by atoms with E-state index >= 15 is 0 Å². The second-order valence-corrected chi connectivity index (χ2v) is 7.93. The van der Waals surface area contributed by atoms with E-state index in [9.17, 15) is 13.2 Å². The second kappa shape index (κ2) is 8.45. The van der Waals surface area contributed by atoms with Crippen LogP contribution in [-0.4, -0.2) is 44.4 Å². The predicted octanol–water partition coefficient (Wildman–Crippen LogP) is 5.70. The van der Waals surface area contributed by atoms with Crippen LogP contribution < -0.4 is 9.64 Å². The minimum absolute atomic E-state index is 0.0923. The van der Waals surface area contributed by atoms with Crippen LogP contribution in [0.5, 0.6) is 5.88 Å². The third kappa shape index (κ3) is 4.32. The van der Waals surface area contributed by atoms with Crippen LogP contribution in [0.15, 0.2) is 67.1 Å². The first-order valence-corrected chi connectivity index (χ1v) is 10.4. The van der Waals surface area contributed by atoms with Gasteiger partial charge in [0.1, 0.15) is 12.1 Å². The lowest BCUT2D eigenvalue weighted by atomic mass is 10.1. The maximum Gasteiger partial charge on any atom is 0.422 e. The average Bonchev–Trinajstić information content (AvgIpc) is 3.31. The fourth-order valence-electron chi connectivity index (χ4n) is 3.59. The van der Waals surface area contributed by atoms with E-state index in [2.05, 4.69) is 24.9 Å². The quantitative estimate of drug-likeness (QED) is 0.319. The first-order chi connectivity index (χ1) is 16.3. The SMILES string of the molecule is CN(c1cccc(-c2ccc(OCC(F)(F)F)nc2)c1)c1nc2nncn2c2cc(Cl)ccc12. The molecule has 3 aromatic heterocycles. The van der Waals surface area contributed by atoms with E-state index in [-0.39, 0.29) is 5.88 Å². The Morgan fingerprint density at radius 1 is 1.06 bits per heavy atom. The zero-order valence-corrected chi connectivity index (χ0v) is 18.4. The smallest absolute Gasteiger partial charge is 0.422 e. The van der Waals surface area contributed by atoms with Gasteiger partial charge < -0.3 is 9.64 Å². The highest BCUT2D eigenvalue weighted by atomic mass is 35.5. The molecule has 0 fully saturated rings. The number of fused-ring (bicyclic) bond motifs is 3. The fraction of sp³-hybridized carbons (Fsp3) is 0.130. The molecule has 0 saturated heterocycles. The van der Waals surface area contributed by atoms with E-state index in [1.54, 1.807) is 22.9 Å². The summed E-state index contributed by atoms with van der Waals surface area (Å²) in [5.41, 5.74) is 3.21. The molecule has 0 atom stereocenters.